The minimum absolute atomic E-state index is 0.129. The first-order chi connectivity index (χ1) is 9.52. The summed E-state index contributed by atoms with van der Waals surface area (Å²) in [5.74, 6) is 1.34. The molecule has 2 N–H and O–H groups in total. The largest absolute Gasteiger partial charge is 0.326 e. The minimum Gasteiger partial charge on any atom is -0.326 e. The van der Waals surface area contributed by atoms with Gasteiger partial charge in [0.1, 0.15) is 0 Å². The standard InChI is InChI=1S/C17H26N2O/c1-5-18-17(12(4)11(2)3)14-6-8-15-13(10-14)7-9-16(20)19-15/h6,8,10-12,17-18H,5,7,9H2,1-4H3,(H,19,20). The molecule has 0 radical (unpaired) electrons. The molecule has 1 heterocycles. The van der Waals surface area contributed by atoms with Gasteiger partial charge < -0.3 is 10.6 Å². The molecule has 1 aliphatic rings. The van der Waals surface area contributed by atoms with Crippen LogP contribution in [0.4, 0.5) is 5.69 Å². The molecule has 1 aliphatic heterocycles. The van der Waals surface area contributed by atoms with Gasteiger partial charge in [0.25, 0.3) is 0 Å². The van der Waals surface area contributed by atoms with Crippen molar-refractivity contribution in [1.29, 1.82) is 0 Å². The van der Waals surface area contributed by atoms with E-state index in [1.807, 2.05) is 0 Å². The van der Waals surface area contributed by atoms with Crippen LogP contribution in [-0.4, -0.2) is 12.5 Å². The van der Waals surface area contributed by atoms with Crippen molar-refractivity contribution >= 4 is 11.6 Å². The molecule has 1 aromatic rings. The highest BCUT2D eigenvalue weighted by Gasteiger charge is 2.23. The van der Waals surface area contributed by atoms with E-state index in [0.29, 0.717) is 24.3 Å². The first kappa shape index (κ1) is 15.0. The van der Waals surface area contributed by atoms with E-state index in [4.69, 9.17) is 0 Å². The summed E-state index contributed by atoms with van der Waals surface area (Å²) >= 11 is 0. The summed E-state index contributed by atoms with van der Waals surface area (Å²) in [6.07, 6.45) is 1.45. The molecule has 0 fully saturated rings. The number of aryl methyl sites for hydroxylation is 1. The van der Waals surface area contributed by atoms with Crippen LogP contribution >= 0.6 is 0 Å². The third-order valence-corrected chi connectivity index (χ3v) is 4.39. The molecule has 3 nitrogen and oxygen atoms in total. The first-order valence-electron chi connectivity index (χ1n) is 7.69. The fraction of sp³-hybridized carbons (Fsp3) is 0.588. The van der Waals surface area contributed by atoms with Crippen molar-refractivity contribution in [2.45, 2.75) is 46.6 Å². The number of anilines is 1. The lowest BCUT2D eigenvalue weighted by molar-refractivity contribution is -0.116. The van der Waals surface area contributed by atoms with Gasteiger partial charge in [-0.25, -0.2) is 0 Å². The van der Waals surface area contributed by atoms with Gasteiger partial charge in [0.05, 0.1) is 0 Å². The number of benzene rings is 1. The van der Waals surface area contributed by atoms with Crippen molar-refractivity contribution in [3.05, 3.63) is 29.3 Å². The van der Waals surface area contributed by atoms with Crippen molar-refractivity contribution in [2.24, 2.45) is 11.8 Å². The van der Waals surface area contributed by atoms with E-state index in [0.717, 1.165) is 18.7 Å². The van der Waals surface area contributed by atoms with Crippen LogP contribution in [0.3, 0.4) is 0 Å². The second-order valence-electron chi connectivity index (χ2n) is 6.10. The Labute approximate surface area is 122 Å². The highest BCUT2D eigenvalue weighted by Crippen LogP contribution is 2.31. The third-order valence-electron chi connectivity index (χ3n) is 4.39. The molecule has 0 saturated carbocycles. The van der Waals surface area contributed by atoms with Crippen molar-refractivity contribution < 1.29 is 4.79 Å². The highest BCUT2D eigenvalue weighted by molar-refractivity contribution is 5.93. The Bertz CT molecular complexity index is 482. The van der Waals surface area contributed by atoms with Gasteiger partial charge >= 0.3 is 0 Å². The van der Waals surface area contributed by atoms with Crippen LogP contribution in [0.5, 0.6) is 0 Å². The maximum atomic E-state index is 11.4. The lowest BCUT2D eigenvalue weighted by Crippen LogP contribution is -2.30. The summed E-state index contributed by atoms with van der Waals surface area (Å²) in [4.78, 5) is 11.4. The van der Waals surface area contributed by atoms with E-state index in [9.17, 15) is 4.79 Å². The molecule has 1 amide bonds. The van der Waals surface area contributed by atoms with Gasteiger partial charge in [0.15, 0.2) is 0 Å². The van der Waals surface area contributed by atoms with E-state index < -0.39 is 0 Å². The van der Waals surface area contributed by atoms with Crippen molar-refractivity contribution in [3.8, 4) is 0 Å². The van der Waals surface area contributed by atoms with E-state index in [1.165, 1.54) is 11.1 Å². The first-order valence-corrected chi connectivity index (χ1v) is 7.69. The van der Waals surface area contributed by atoms with E-state index >= 15 is 0 Å². The van der Waals surface area contributed by atoms with Crippen molar-refractivity contribution in [2.75, 3.05) is 11.9 Å². The summed E-state index contributed by atoms with van der Waals surface area (Å²) in [6.45, 7) is 9.97. The zero-order valence-corrected chi connectivity index (χ0v) is 13.0. The lowest BCUT2D eigenvalue weighted by Gasteiger charge is -2.29. The number of fused-ring (bicyclic) bond motifs is 1. The molecular weight excluding hydrogens is 248 g/mol. The minimum atomic E-state index is 0.129. The van der Waals surface area contributed by atoms with Gasteiger partial charge in [0, 0.05) is 18.2 Å². The number of amides is 1. The second-order valence-corrected chi connectivity index (χ2v) is 6.10. The zero-order chi connectivity index (χ0) is 14.7. The summed E-state index contributed by atoms with van der Waals surface area (Å²) in [5, 5.41) is 6.56. The number of rotatable bonds is 5. The second kappa shape index (κ2) is 6.40. The normalized spacial score (nSPS) is 17.6. The number of nitrogens with one attached hydrogen (secondary N) is 2. The molecule has 20 heavy (non-hydrogen) atoms. The molecule has 0 aromatic heterocycles. The molecule has 2 unspecified atom stereocenters. The predicted octanol–water partition coefficient (Wildman–Crippen LogP) is 3.51. The summed E-state index contributed by atoms with van der Waals surface area (Å²) in [6, 6.07) is 6.85. The van der Waals surface area contributed by atoms with E-state index in [-0.39, 0.29) is 5.91 Å². The maximum Gasteiger partial charge on any atom is 0.224 e. The van der Waals surface area contributed by atoms with Crippen molar-refractivity contribution in [3.63, 3.8) is 0 Å². The molecule has 0 bridgehead atoms. The number of carbonyl (C=O) groups is 1. The van der Waals surface area contributed by atoms with Gasteiger partial charge in [0.2, 0.25) is 5.91 Å². The van der Waals surface area contributed by atoms with Gasteiger partial charge in [-0.2, -0.15) is 0 Å². The topological polar surface area (TPSA) is 41.1 Å². The van der Waals surface area contributed by atoms with Crippen LogP contribution in [0.2, 0.25) is 0 Å². The van der Waals surface area contributed by atoms with E-state index in [1.54, 1.807) is 0 Å². The average Bonchev–Trinajstić information content (AvgIpc) is 2.43. The molecule has 1 aromatic carbocycles. The Kier molecular flexibility index (Phi) is 4.81. The monoisotopic (exact) mass is 274 g/mol. The quantitative estimate of drug-likeness (QED) is 0.862. The maximum absolute atomic E-state index is 11.4. The zero-order valence-electron chi connectivity index (χ0n) is 13.0. The molecule has 0 spiro atoms. The summed E-state index contributed by atoms with van der Waals surface area (Å²) < 4.78 is 0. The van der Waals surface area contributed by atoms with Crippen LogP contribution in [0.1, 0.15) is 51.3 Å². The van der Waals surface area contributed by atoms with Crippen LogP contribution < -0.4 is 10.6 Å². The van der Waals surface area contributed by atoms with Gasteiger partial charge in [-0.1, -0.05) is 39.8 Å². The van der Waals surface area contributed by atoms with Gasteiger partial charge in [-0.15, -0.1) is 0 Å². The van der Waals surface area contributed by atoms with Crippen LogP contribution in [0.25, 0.3) is 0 Å². The van der Waals surface area contributed by atoms with Crippen LogP contribution in [0.15, 0.2) is 18.2 Å². The molecule has 2 rings (SSSR count). The Balaban J connectivity index is 2.28. The Morgan fingerprint density at radius 3 is 2.65 bits per heavy atom. The molecule has 3 heteroatoms. The number of carbonyl (C=O) groups excluding carboxylic acids is 1. The summed E-state index contributed by atoms with van der Waals surface area (Å²) in [5.41, 5.74) is 3.58. The molecule has 0 aliphatic carbocycles. The van der Waals surface area contributed by atoms with Gasteiger partial charge in [-0.05, 0) is 42.0 Å². The Morgan fingerprint density at radius 2 is 2.00 bits per heavy atom. The van der Waals surface area contributed by atoms with Crippen LogP contribution in [-0.2, 0) is 11.2 Å². The molecular formula is C17H26N2O. The number of hydrogen-bond donors (Lipinski definition) is 2. The van der Waals surface area contributed by atoms with Gasteiger partial charge in [-0.3, -0.25) is 4.79 Å². The van der Waals surface area contributed by atoms with Crippen molar-refractivity contribution in [1.82, 2.24) is 5.32 Å². The Morgan fingerprint density at radius 1 is 1.25 bits per heavy atom. The average molecular weight is 274 g/mol. The Hall–Kier alpha value is -1.35. The van der Waals surface area contributed by atoms with Crippen LogP contribution in [0, 0.1) is 11.8 Å². The SMILES string of the molecule is CCNC(c1ccc2c(c1)CCC(=O)N2)C(C)C(C)C. The fourth-order valence-electron chi connectivity index (χ4n) is 2.81. The smallest absolute Gasteiger partial charge is 0.224 e. The fourth-order valence-corrected chi connectivity index (χ4v) is 2.81. The van der Waals surface area contributed by atoms with E-state index in [2.05, 4.69) is 56.5 Å². The molecule has 110 valence electrons. The third kappa shape index (κ3) is 3.21. The summed E-state index contributed by atoms with van der Waals surface area (Å²) in [7, 11) is 0. The molecule has 2 atom stereocenters. The highest BCUT2D eigenvalue weighted by atomic mass is 16.1. The molecule has 0 saturated heterocycles. The number of hydrogen-bond acceptors (Lipinski definition) is 2. The predicted molar refractivity (Wildman–Crippen MR) is 83.8 cm³/mol. The lowest BCUT2D eigenvalue weighted by atomic mass is 9.85.